The molecular weight excluding hydrogens is 268 g/mol. The summed E-state index contributed by atoms with van der Waals surface area (Å²) in [5, 5.41) is 10.7. The summed E-state index contributed by atoms with van der Waals surface area (Å²) in [6.45, 7) is 3.11. The van der Waals surface area contributed by atoms with Crippen LogP contribution < -0.4 is 5.32 Å². The van der Waals surface area contributed by atoms with E-state index in [1.807, 2.05) is 6.92 Å². The molecule has 1 N–H and O–H groups in total. The molecule has 1 amide bonds. The Labute approximate surface area is 111 Å². The van der Waals surface area contributed by atoms with Gasteiger partial charge in [-0.05, 0) is 19.1 Å². The SMILES string of the molecule is CCNc1ccc(C(=O)N2CCS(=O)(=O)CC2)nn1. The van der Waals surface area contributed by atoms with Crippen LogP contribution in [0.5, 0.6) is 0 Å². The van der Waals surface area contributed by atoms with Crippen LogP contribution in [-0.2, 0) is 9.84 Å². The molecule has 0 radical (unpaired) electrons. The Kier molecular flexibility index (Phi) is 3.98. The van der Waals surface area contributed by atoms with Gasteiger partial charge >= 0.3 is 0 Å². The van der Waals surface area contributed by atoms with Gasteiger partial charge in [0.1, 0.15) is 5.82 Å². The highest BCUT2D eigenvalue weighted by molar-refractivity contribution is 7.91. The predicted molar refractivity (Wildman–Crippen MR) is 70.8 cm³/mol. The monoisotopic (exact) mass is 284 g/mol. The average Bonchev–Trinajstić information content (AvgIpc) is 2.39. The van der Waals surface area contributed by atoms with Crippen molar-refractivity contribution in [2.75, 3.05) is 36.5 Å². The maximum absolute atomic E-state index is 12.1. The minimum absolute atomic E-state index is 0.0155. The number of nitrogens with zero attached hydrogens (tertiary/aromatic N) is 3. The summed E-state index contributed by atoms with van der Waals surface area (Å²) in [5.74, 6) is 0.370. The van der Waals surface area contributed by atoms with Crippen LogP contribution >= 0.6 is 0 Å². The van der Waals surface area contributed by atoms with Gasteiger partial charge in [0.05, 0.1) is 11.5 Å². The van der Waals surface area contributed by atoms with Crippen LogP contribution in [0.15, 0.2) is 12.1 Å². The fourth-order valence-electron chi connectivity index (χ4n) is 1.80. The highest BCUT2D eigenvalue weighted by Crippen LogP contribution is 2.09. The number of amides is 1. The van der Waals surface area contributed by atoms with Crippen LogP contribution in [0, 0.1) is 0 Å². The van der Waals surface area contributed by atoms with Crippen molar-refractivity contribution in [1.82, 2.24) is 15.1 Å². The topological polar surface area (TPSA) is 92.3 Å². The van der Waals surface area contributed by atoms with Gasteiger partial charge in [-0.3, -0.25) is 4.79 Å². The van der Waals surface area contributed by atoms with Crippen molar-refractivity contribution in [3.63, 3.8) is 0 Å². The fraction of sp³-hybridized carbons (Fsp3) is 0.545. The molecule has 2 heterocycles. The molecule has 0 atom stereocenters. The molecule has 1 aliphatic heterocycles. The third kappa shape index (κ3) is 3.40. The quantitative estimate of drug-likeness (QED) is 0.825. The summed E-state index contributed by atoms with van der Waals surface area (Å²) in [6, 6.07) is 3.28. The molecule has 1 aromatic rings. The standard InChI is InChI=1S/C11H16N4O3S/c1-2-12-10-4-3-9(13-14-10)11(16)15-5-7-19(17,18)8-6-15/h3-4H,2,5-8H2,1H3,(H,12,14). The maximum Gasteiger partial charge on any atom is 0.274 e. The van der Waals surface area contributed by atoms with Crippen LogP contribution in [0.2, 0.25) is 0 Å². The molecule has 7 nitrogen and oxygen atoms in total. The Hall–Kier alpha value is -1.70. The molecule has 1 aliphatic rings. The summed E-state index contributed by atoms with van der Waals surface area (Å²) in [7, 11) is -2.99. The number of hydrogen-bond donors (Lipinski definition) is 1. The van der Waals surface area contributed by atoms with Crippen molar-refractivity contribution in [1.29, 1.82) is 0 Å². The summed E-state index contributed by atoms with van der Waals surface area (Å²) in [5.41, 5.74) is 0.237. The molecular formula is C11H16N4O3S. The van der Waals surface area contributed by atoms with E-state index < -0.39 is 9.84 Å². The van der Waals surface area contributed by atoms with Gasteiger partial charge in [0.25, 0.3) is 5.91 Å². The third-order valence-electron chi connectivity index (χ3n) is 2.87. The van der Waals surface area contributed by atoms with E-state index in [1.165, 1.54) is 4.90 Å². The lowest BCUT2D eigenvalue weighted by molar-refractivity contribution is 0.0763. The first-order chi connectivity index (χ1) is 9.02. The second-order valence-corrected chi connectivity index (χ2v) is 6.58. The molecule has 1 saturated heterocycles. The number of rotatable bonds is 3. The molecule has 0 unspecified atom stereocenters. The first kappa shape index (κ1) is 13.7. The number of aromatic nitrogens is 2. The highest BCUT2D eigenvalue weighted by Gasteiger charge is 2.26. The summed E-state index contributed by atoms with van der Waals surface area (Å²) >= 11 is 0. The number of carbonyl (C=O) groups is 1. The van der Waals surface area contributed by atoms with E-state index >= 15 is 0 Å². The van der Waals surface area contributed by atoms with Crippen molar-refractivity contribution in [3.05, 3.63) is 17.8 Å². The number of nitrogens with one attached hydrogen (secondary N) is 1. The van der Waals surface area contributed by atoms with E-state index in [-0.39, 0.29) is 36.2 Å². The molecule has 0 aromatic carbocycles. The summed E-state index contributed by atoms with van der Waals surface area (Å²) < 4.78 is 22.6. The Morgan fingerprint density at radius 1 is 1.32 bits per heavy atom. The lowest BCUT2D eigenvalue weighted by Crippen LogP contribution is -2.44. The molecule has 19 heavy (non-hydrogen) atoms. The van der Waals surface area contributed by atoms with Crippen LogP contribution in [0.1, 0.15) is 17.4 Å². The first-order valence-electron chi connectivity index (χ1n) is 6.09. The summed E-state index contributed by atoms with van der Waals surface area (Å²) in [4.78, 5) is 13.6. The second-order valence-electron chi connectivity index (χ2n) is 4.28. The molecule has 0 saturated carbocycles. The number of hydrogen-bond acceptors (Lipinski definition) is 6. The molecule has 1 aromatic heterocycles. The molecule has 0 bridgehead atoms. The molecule has 2 rings (SSSR count). The van der Waals surface area contributed by atoms with E-state index in [2.05, 4.69) is 15.5 Å². The Morgan fingerprint density at radius 3 is 2.53 bits per heavy atom. The Balaban J connectivity index is 2.04. The maximum atomic E-state index is 12.1. The zero-order valence-electron chi connectivity index (χ0n) is 10.7. The first-order valence-corrected chi connectivity index (χ1v) is 7.91. The van der Waals surface area contributed by atoms with Gasteiger partial charge in [-0.25, -0.2) is 8.42 Å². The highest BCUT2D eigenvalue weighted by atomic mass is 32.2. The molecule has 0 aliphatic carbocycles. The van der Waals surface area contributed by atoms with Gasteiger partial charge in [0.2, 0.25) is 0 Å². The van der Waals surface area contributed by atoms with Gasteiger partial charge in [-0.1, -0.05) is 0 Å². The fourth-order valence-corrected chi connectivity index (χ4v) is 3.00. The number of carbonyl (C=O) groups excluding carboxylic acids is 1. The van der Waals surface area contributed by atoms with Gasteiger partial charge in [-0.2, -0.15) is 0 Å². The lowest BCUT2D eigenvalue weighted by atomic mass is 10.3. The van der Waals surface area contributed by atoms with Crippen molar-refractivity contribution < 1.29 is 13.2 Å². The van der Waals surface area contributed by atoms with Crippen molar-refractivity contribution in [3.8, 4) is 0 Å². The van der Waals surface area contributed by atoms with E-state index in [4.69, 9.17) is 0 Å². The smallest absolute Gasteiger partial charge is 0.274 e. The normalized spacial score (nSPS) is 18.1. The minimum atomic E-state index is -2.99. The van der Waals surface area contributed by atoms with E-state index in [0.717, 1.165) is 6.54 Å². The largest absolute Gasteiger partial charge is 0.369 e. The molecule has 8 heteroatoms. The molecule has 0 spiro atoms. The molecule has 104 valence electrons. The zero-order valence-corrected chi connectivity index (χ0v) is 11.5. The minimum Gasteiger partial charge on any atom is -0.369 e. The average molecular weight is 284 g/mol. The number of anilines is 1. The van der Waals surface area contributed by atoms with Crippen LogP contribution in [0.3, 0.4) is 0 Å². The van der Waals surface area contributed by atoms with Gasteiger partial charge < -0.3 is 10.2 Å². The van der Waals surface area contributed by atoms with E-state index in [9.17, 15) is 13.2 Å². The molecule has 1 fully saturated rings. The van der Waals surface area contributed by atoms with Gasteiger partial charge in [-0.15, -0.1) is 10.2 Å². The van der Waals surface area contributed by atoms with Crippen molar-refractivity contribution in [2.24, 2.45) is 0 Å². The Bertz CT molecular complexity index is 542. The summed E-state index contributed by atoms with van der Waals surface area (Å²) in [6.07, 6.45) is 0. The van der Waals surface area contributed by atoms with Crippen LogP contribution in [-0.4, -0.2) is 60.6 Å². The number of sulfone groups is 1. The van der Waals surface area contributed by atoms with Crippen molar-refractivity contribution in [2.45, 2.75) is 6.92 Å². The van der Waals surface area contributed by atoms with Gasteiger partial charge in [0, 0.05) is 19.6 Å². The second kappa shape index (κ2) is 5.52. The van der Waals surface area contributed by atoms with Crippen LogP contribution in [0.25, 0.3) is 0 Å². The Morgan fingerprint density at radius 2 is 2.00 bits per heavy atom. The van der Waals surface area contributed by atoms with Crippen LogP contribution in [0.4, 0.5) is 5.82 Å². The van der Waals surface area contributed by atoms with E-state index in [0.29, 0.717) is 5.82 Å². The predicted octanol–water partition coefficient (Wildman–Crippen LogP) is -0.221. The third-order valence-corrected chi connectivity index (χ3v) is 4.48. The van der Waals surface area contributed by atoms with Gasteiger partial charge in [0.15, 0.2) is 15.5 Å². The zero-order chi connectivity index (χ0) is 13.9. The van der Waals surface area contributed by atoms with E-state index in [1.54, 1.807) is 12.1 Å². The lowest BCUT2D eigenvalue weighted by Gasteiger charge is -2.26. The van der Waals surface area contributed by atoms with Crippen molar-refractivity contribution >= 4 is 21.6 Å².